The minimum atomic E-state index is 0.0415. The summed E-state index contributed by atoms with van der Waals surface area (Å²) in [7, 11) is 0. The highest BCUT2D eigenvalue weighted by Crippen LogP contribution is 2.18. The third-order valence-corrected chi connectivity index (χ3v) is 3.55. The Morgan fingerprint density at radius 3 is 3.10 bits per heavy atom. The topological polar surface area (TPSA) is 58.6 Å². The summed E-state index contributed by atoms with van der Waals surface area (Å²) < 4.78 is 5.51. The molecule has 1 fully saturated rings. The van der Waals surface area contributed by atoms with Crippen LogP contribution in [0.4, 0.5) is 5.69 Å². The van der Waals surface area contributed by atoms with Crippen LogP contribution in [0.15, 0.2) is 24.3 Å². The van der Waals surface area contributed by atoms with E-state index in [1.54, 1.807) is 0 Å². The van der Waals surface area contributed by atoms with Crippen LogP contribution in [0.25, 0.3) is 0 Å². The summed E-state index contributed by atoms with van der Waals surface area (Å²) in [6.45, 7) is 1.02. The normalized spacial score (nSPS) is 18.1. The predicted molar refractivity (Wildman–Crippen MR) is 78.7 cm³/mol. The standard InChI is InChI=1S/C16H23NO3/c18-10-2-5-13-4-1-6-14(12-13)17-16(19)9-8-15-7-3-11-20-15/h1,4,6,12,15,18H,2-3,5,7-11H2,(H,17,19). The zero-order valence-electron chi connectivity index (χ0n) is 11.8. The van der Waals surface area contributed by atoms with E-state index in [0.29, 0.717) is 6.42 Å². The lowest BCUT2D eigenvalue weighted by atomic mass is 10.1. The third kappa shape index (κ3) is 4.94. The van der Waals surface area contributed by atoms with E-state index >= 15 is 0 Å². The first-order valence-corrected chi connectivity index (χ1v) is 7.39. The molecule has 1 aromatic carbocycles. The van der Waals surface area contributed by atoms with Crippen molar-refractivity contribution < 1.29 is 14.6 Å². The van der Waals surface area contributed by atoms with E-state index in [0.717, 1.165) is 50.0 Å². The minimum Gasteiger partial charge on any atom is -0.396 e. The maximum Gasteiger partial charge on any atom is 0.224 e. The molecule has 1 aromatic rings. The number of anilines is 1. The Hall–Kier alpha value is -1.39. The number of aryl methyl sites for hydroxylation is 1. The largest absolute Gasteiger partial charge is 0.396 e. The van der Waals surface area contributed by atoms with E-state index in [1.165, 1.54) is 0 Å². The lowest BCUT2D eigenvalue weighted by Crippen LogP contribution is -2.15. The van der Waals surface area contributed by atoms with Crippen molar-refractivity contribution in [1.29, 1.82) is 0 Å². The molecule has 0 aliphatic carbocycles. The van der Waals surface area contributed by atoms with Gasteiger partial charge in [0.2, 0.25) is 5.91 Å². The highest BCUT2D eigenvalue weighted by Gasteiger charge is 2.16. The quantitative estimate of drug-likeness (QED) is 0.805. The van der Waals surface area contributed by atoms with Crippen LogP contribution in [0.2, 0.25) is 0 Å². The number of aliphatic hydroxyl groups excluding tert-OH is 1. The molecule has 0 radical (unpaired) electrons. The van der Waals surface area contributed by atoms with Gasteiger partial charge in [-0.05, 0) is 49.8 Å². The highest BCUT2D eigenvalue weighted by molar-refractivity contribution is 5.90. The predicted octanol–water partition coefficient (Wildman–Crippen LogP) is 2.51. The minimum absolute atomic E-state index is 0.0415. The number of hydrogen-bond donors (Lipinski definition) is 2. The number of carbonyl (C=O) groups excluding carboxylic acids is 1. The molecule has 2 rings (SSSR count). The van der Waals surface area contributed by atoms with Crippen molar-refractivity contribution in [3.63, 3.8) is 0 Å². The molecular formula is C16H23NO3. The first-order valence-electron chi connectivity index (χ1n) is 7.39. The van der Waals surface area contributed by atoms with Crippen LogP contribution in [0.1, 0.15) is 37.7 Å². The van der Waals surface area contributed by atoms with Crippen molar-refractivity contribution in [3.8, 4) is 0 Å². The van der Waals surface area contributed by atoms with E-state index in [4.69, 9.17) is 9.84 Å². The number of amides is 1. The molecule has 20 heavy (non-hydrogen) atoms. The average molecular weight is 277 g/mol. The molecule has 1 aliphatic heterocycles. The Kier molecular flexibility index (Phi) is 6.02. The van der Waals surface area contributed by atoms with E-state index in [2.05, 4.69) is 5.32 Å². The molecule has 1 saturated heterocycles. The maximum absolute atomic E-state index is 11.9. The van der Waals surface area contributed by atoms with Gasteiger partial charge in [-0.15, -0.1) is 0 Å². The van der Waals surface area contributed by atoms with E-state index in [1.807, 2.05) is 24.3 Å². The molecular weight excluding hydrogens is 254 g/mol. The van der Waals surface area contributed by atoms with Crippen LogP contribution in [-0.2, 0) is 16.0 Å². The zero-order valence-corrected chi connectivity index (χ0v) is 11.8. The molecule has 0 spiro atoms. The molecule has 4 heteroatoms. The number of ether oxygens (including phenoxy) is 1. The van der Waals surface area contributed by atoms with E-state index in [-0.39, 0.29) is 18.6 Å². The number of hydrogen-bond acceptors (Lipinski definition) is 3. The lowest BCUT2D eigenvalue weighted by molar-refractivity contribution is -0.116. The Bertz CT molecular complexity index is 427. The second kappa shape index (κ2) is 8.02. The first kappa shape index (κ1) is 15.0. The van der Waals surface area contributed by atoms with Crippen LogP contribution in [0.5, 0.6) is 0 Å². The maximum atomic E-state index is 11.9. The van der Waals surface area contributed by atoms with Crippen molar-refractivity contribution >= 4 is 11.6 Å². The highest BCUT2D eigenvalue weighted by atomic mass is 16.5. The third-order valence-electron chi connectivity index (χ3n) is 3.55. The van der Waals surface area contributed by atoms with Gasteiger partial charge in [0.25, 0.3) is 0 Å². The number of benzene rings is 1. The van der Waals surface area contributed by atoms with Gasteiger partial charge in [0.1, 0.15) is 0 Å². The van der Waals surface area contributed by atoms with Crippen LogP contribution in [-0.4, -0.2) is 30.3 Å². The Morgan fingerprint density at radius 1 is 1.45 bits per heavy atom. The summed E-state index contributed by atoms with van der Waals surface area (Å²) >= 11 is 0. The molecule has 1 amide bonds. The monoisotopic (exact) mass is 277 g/mol. The fraction of sp³-hybridized carbons (Fsp3) is 0.562. The molecule has 2 N–H and O–H groups in total. The van der Waals surface area contributed by atoms with E-state index < -0.39 is 0 Å². The zero-order chi connectivity index (χ0) is 14.2. The van der Waals surface area contributed by atoms with Gasteiger partial charge in [0, 0.05) is 25.3 Å². The Balaban J connectivity index is 1.77. The fourth-order valence-electron chi connectivity index (χ4n) is 2.48. The molecule has 4 nitrogen and oxygen atoms in total. The molecule has 0 bridgehead atoms. The fourth-order valence-corrected chi connectivity index (χ4v) is 2.48. The molecule has 1 unspecified atom stereocenters. The summed E-state index contributed by atoms with van der Waals surface area (Å²) in [6.07, 6.45) is 5.33. The van der Waals surface area contributed by atoms with Gasteiger partial charge in [0.05, 0.1) is 6.10 Å². The average Bonchev–Trinajstić information content (AvgIpc) is 2.97. The molecule has 110 valence electrons. The van der Waals surface area contributed by atoms with Crippen molar-refractivity contribution in [2.24, 2.45) is 0 Å². The summed E-state index contributed by atoms with van der Waals surface area (Å²) in [5.41, 5.74) is 1.97. The van der Waals surface area contributed by atoms with Gasteiger partial charge < -0.3 is 15.2 Å². The van der Waals surface area contributed by atoms with Crippen molar-refractivity contribution in [3.05, 3.63) is 29.8 Å². The number of nitrogens with one attached hydrogen (secondary N) is 1. The molecule has 0 aromatic heterocycles. The summed E-state index contributed by atoms with van der Waals surface area (Å²) in [5, 5.41) is 11.8. The van der Waals surface area contributed by atoms with Gasteiger partial charge in [-0.3, -0.25) is 4.79 Å². The lowest BCUT2D eigenvalue weighted by Gasteiger charge is -2.10. The Morgan fingerprint density at radius 2 is 2.35 bits per heavy atom. The smallest absolute Gasteiger partial charge is 0.224 e. The van der Waals surface area contributed by atoms with Crippen molar-refractivity contribution in [1.82, 2.24) is 0 Å². The van der Waals surface area contributed by atoms with Gasteiger partial charge in [0.15, 0.2) is 0 Å². The van der Waals surface area contributed by atoms with Gasteiger partial charge >= 0.3 is 0 Å². The number of carbonyl (C=O) groups is 1. The van der Waals surface area contributed by atoms with Crippen molar-refractivity contribution in [2.45, 2.75) is 44.6 Å². The van der Waals surface area contributed by atoms with Gasteiger partial charge in [-0.1, -0.05) is 12.1 Å². The summed E-state index contributed by atoms with van der Waals surface area (Å²) in [5.74, 6) is 0.0415. The molecule has 0 saturated carbocycles. The van der Waals surface area contributed by atoms with Crippen LogP contribution in [0.3, 0.4) is 0 Å². The summed E-state index contributed by atoms with van der Waals surface area (Å²) in [6, 6.07) is 7.81. The van der Waals surface area contributed by atoms with Gasteiger partial charge in [-0.25, -0.2) is 0 Å². The SMILES string of the molecule is O=C(CCC1CCCO1)Nc1cccc(CCCO)c1. The van der Waals surface area contributed by atoms with Crippen LogP contribution < -0.4 is 5.32 Å². The number of aliphatic hydroxyl groups is 1. The Labute approximate surface area is 120 Å². The van der Waals surface area contributed by atoms with Crippen molar-refractivity contribution in [2.75, 3.05) is 18.5 Å². The molecule has 1 heterocycles. The van der Waals surface area contributed by atoms with Gasteiger partial charge in [-0.2, -0.15) is 0 Å². The number of rotatable bonds is 7. The second-order valence-corrected chi connectivity index (χ2v) is 5.25. The van der Waals surface area contributed by atoms with Crippen LogP contribution in [0, 0.1) is 0 Å². The second-order valence-electron chi connectivity index (χ2n) is 5.25. The first-order chi connectivity index (χ1) is 9.78. The van der Waals surface area contributed by atoms with Crippen LogP contribution >= 0.6 is 0 Å². The molecule has 1 atom stereocenters. The molecule has 1 aliphatic rings. The van der Waals surface area contributed by atoms with E-state index in [9.17, 15) is 4.79 Å². The summed E-state index contributed by atoms with van der Waals surface area (Å²) in [4.78, 5) is 11.9.